The minimum atomic E-state index is -6.09. The Labute approximate surface area is 185 Å². The first-order valence-electron chi connectivity index (χ1n) is 9.74. The molecule has 0 bridgehead atoms. The van der Waals surface area contributed by atoms with Crippen molar-refractivity contribution >= 4 is 11.4 Å². The van der Waals surface area contributed by atoms with Crippen LogP contribution < -0.4 is 0 Å². The summed E-state index contributed by atoms with van der Waals surface area (Å²) >= 11 is 0. The van der Waals surface area contributed by atoms with Crippen LogP contribution in [-0.2, 0) is 0 Å². The molecule has 0 aromatic carbocycles. The molecule has 34 heavy (non-hydrogen) atoms. The van der Waals surface area contributed by atoms with Gasteiger partial charge in [0.1, 0.15) is 0 Å². The first-order valence-corrected chi connectivity index (χ1v) is 9.74. The summed E-state index contributed by atoms with van der Waals surface area (Å²) in [5, 5.41) is 18.6. The molecule has 16 heteroatoms. The van der Waals surface area contributed by atoms with Gasteiger partial charge in [-0.05, 0) is 26.7 Å². The quantitative estimate of drug-likeness (QED) is 0.344. The molecule has 1 rings (SSSR count). The van der Waals surface area contributed by atoms with E-state index in [2.05, 4.69) is 9.98 Å². The summed E-state index contributed by atoms with van der Waals surface area (Å²) in [4.78, 5) is 7.44. The summed E-state index contributed by atoms with van der Waals surface area (Å²) in [6.07, 6.45) is -27.6. The van der Waals surface area contributed by atoms with Crippen molar-refractivity contribution in [1.29, 1.82) is 0 Å². The van der Waals surface area contributed by atoms with Crippen molar-refractivity contribution in [2.75, 3.05) is 0 Å². The van der Waals surface area contributed by atoms with Crippen molar-refractivity contribution in [2.24, 2.45) is 9.98 Å². The molecular weight excluding hydrogens is 504 g/mol. The van der Waals surface area contributed by atoms with Gasteiger partial charge in [-0.1, -0.05) is 12.8 Å². The summed E-state index contributed by atoms with van der Waals surface area (Å²) in [5.74, 6) is 0. The molecule has 1 aliphatic rings. The monoisotopic (exact) mass is 526 g/mol. The Morgan fingerprint density at radius 2 is 0.824 bits per heavy atom. The number of nitrogens with zero attached hydrogens (tertiary/aromatic N) is 2. The van der Waals surface area contributed by atoms with Crippen LogP contribution in [0.25, 0.3) is 0 Å². The predicted octanol–water partition coefficient (Wildman–Crippen LogP) is 5.71. The maximum absolute atomic E-state index is 12.9. The zero-order valence-electron chi connectivity index (χ0n) is 17.7. The highest BCUT2D eigenvalue weighted by Gasteiger charge is 2.71. The van der Waals surface area contributed by atoms with Crippen LogP contribution in [0.15, 0.2) is 9.98 Å². The van der Waals surface area contributed by atoms with E-state index in [-0.39, 0.29) is 12.8 Å². The molecule has 0 unspecified atom stereocenters. The molecule has 1 aliphatic carbocycles. The third-order valence-electron chi connectivity index (χ3n) is 5.37. The largest absolute Gasteiger partial charge is 0.426 e. The number of rotatable bonds is 6. The zero-order chi connectivity index (χ0) is 27.0. The lowest BCUT2D eigenvalue weighted by Gasteiger charge is -2.34. The lowest BCUT2D eigenvalue weighted by molar-refractivity contribution is -0.365. The Hall–Kier alpha value is -1.58. The van der Waals surface area contributed by atoms with E-state index in [1.54, 1.807) is 0 Å². The number of halogens is 12. The Bertz CT molecular complexity index is 673. The third kappa shape index (κ3) is 6.55. The molecule has 2 N–H and O–H groups in total. The van der Waals surface area contributed by atoms with Crippen molar-refractivity contribution in [3.05, 3.63) is 0 Å². The number of aliphatic hydroxyl groups is 2. The van der Waals surface area contributed by atoms with Gasteiger partial charge in [0, 0.05) is 24.3 Å². The van der Waals surface area contributed by atoms with Gasteiger partial charge in [0.05, 0.1) is 12.1 Å². The van der Waals surface area contributed by atoms with Gasteiger partial charge >= 0.3 is 24.7 Å². The fourth-order valence-electron chi connectivity index (χ4n) is 3.51. The van der Waals surface area contributed by atoms with Gasteiger partial charge in [0.15, 0.2) is 0 Å². The summed E-state index contributed by atoms with van der Waals surface area (Å²) in [6, 6.07) is -2.31. The van der Waals surface area contributed by atoms with Gasteiger partial charge in [-0.2, -0.15) is 52.7 Å². The number of hydrogen-bond donors (Lipinski definition) is 2. The molecule has 0 amide bonds. The van der Waals surface area contributed by atoms with E-state index in [0.29, 0.717) is 12.8 Å². The Morgan fingerprint density at radius 1 is 0.588 bits per heavy atom. The number of aliphatic imine (C=N–C) groups is 2. The van der Waals surface area contributed by atoms with Gasteiger partial charge in [-0.3, -0.25) is 9.98 Å². The summed E-state index contributed by atoms with van der Waals surface area (Å²) < 4.78 is 155. The molecule has 4 nitrogen and oxygen atoms in total. The Morgan fingerprint density at radius 3 is 1.03 bits per heavy atom. The maximum atomic E-state index is 12.9. The second-order valence-electron chi connectivity index (χ2n) is 8.21. The molecule has 1 fully saturated rings. The van der Waals surface area contributed by atoms with Crippen LogP contribution in [0.4, 0.5) is 52.7 Å². The average molecular weight is 526 g/mol. The van der Waals surface area contributed by atoms with Crippen LogP contribution in [0, 0.1) is 0 Å². The normalized spacial score (nSPS) is 22.8. The zero-order valence-corrected chi connectivity index (χ0v) is 17.7. The SMILES string of the molecule is C/C(CC(O)(C(F)(F)F)C(F)(F)F)=N\[C@@H]1CCCC[C@H]1/N=C(\C)CC(O)(C(F)(F)F)C(F)(F)F. The number of alkyl halides is 12. The van der Waals surface area contributed by atoms with Crippen LogP contribution >= 0.6 is 0 Å². The first-order chi connectivity index (χ1) is 15.0. The molecule has 0 aromatic rings. The second kappa shape index (κ2) is 9.82. The molecule has 0 spiro atoms. The van der Waals surface area contributed by atoms with E-state index >= 15 is 0 Å². The molecule has 0 aliphatic heterocycles. The van der Waals surface area contributed by atoms with Crippen LogP contribution in [0.1, 0.15) is 52.4 Å². The van der Waals surface area contributed by atoms with Crippen molar-refractivity contribution in [1.82, 2.24) is 0 Å². The van der Waals surface area contributed by atoms with E-state index in [4.69, 9.17) is 0 Å². The lowest BCUT2D eigenvalue weighted by atomic mass is 9.89. The topological polar surface area (TPSA) is 65.2 Å². The highest BCUT2D eigenvalue weighted by Crippen LogP contribution is 2.46. The molecule has 0 saturated heterocycles. The van der Waals surface area contributed by atoms with Gasteiger partial charge in [0.25, 0.3) is 11.2 Å². The highest BCUT2D eigenvalue weighted by atomic mass is 19.4. The van der Waals surface area contributed by atoms with E-state index in [0.717, 1.165) is 13.8 Å². The molecule has 2 atom stereocenters. The molecule has 200 valence electrons. The molecule has 0 heterocycles. The smallest absolute Gasteiger partial charge is 0.373 e. The number of hydrogen-bond acceptors (Lipinski definition) is 4. The first kappa shape index (κ1) is 30.5. The van der Waals surface area contributed by atoms with Crippen LogP contribution in [0.2, 0.25) is 0 Å². The Balaban J connectivity index is 3.22. The van der Waals surface area contributed by atoms with Crippen LogP contribution in [0.5, 0.6) is 0 Å². The molecular formula is C18H22F12N2O2. The van der Waals surface area contributed by atoms with Crippen molar-refractivity contribution in [3.63, 3.8) is 0 Å². The fraction of sp³-hybridized carbons (Fsp3) is 0.889. The van der Waals surface area contributed by atoms with Crippen molar-refractivity contribution in [2.45, 2.75) is 100 Å². The van der Waals surface area contributed by atoms with E-state index in [1.165, 1.54) is 0 Å². The predicted molar refractivity (Wildman–Crippen MR) is 95.6 cm³/mol. The summed E-state index contributed by atoms with van der Waals surface area (Å²) in [6.45, 7) is 1.55. The minimum absolute atomic E-state index is 0.0259. The van der Waals surface area contributed by atoms with Gasteiger partial charge in [-0.15, -0.1) is 0 Å². The third-order valence-corrected chi connectivity index (χ3v) is 5.37. The standard InChI is InChI=1S/C18H22F12N2O2/c1-9(7-13(33,15(19,20)21)16(22,23)24)31-11-5-3-4-6-12(11)32-10(2)8-14(34,17(25,26)27)18(28,29)30/h11-12,33-34H,3-8H2,1-2H3/b31-9+,32-10+/t11-,12-/m1/s1. The lowest BCUT2D eigenvalue weighted by Crippen LogP contribution is -2.58. The van der Waals surface area contributed by atoms with Crippen LogP contribution in [0.3, 0.4) is 0 Å². The Kier molecular flexibility index (Phi) is 8.79. The van der Waals surface area contributed by atoms with E-state index in [9.17, 15) is 62.9 Å². The summed E-state index contributed by atoms with van der Waals surface area (Å²) in [7, 11) is 0. The van der Waals surface area contributed by atoms with Crippen molar-refractivity contribution in [3.8, 4) is 0 Å². The minimum Gasteiger partial charge on any atom is -0.373 e. The average Bonchev–Trinajstić information content (AvgIpc) is 2.59. The van der Waals surface area contributed by atoms with Gasteiger partial charge in [0.2, 0.25) is 0 Å². The molecule has 0 radical (unpaired) electrons. The van der Waals surface area contributed by atoms with E-state index in [1.807, 2.05) is 0 Å². The fourth-order valence-corrected chi connectivity index (χ4v) is 3.51. The van der Waals surface area contributed by atoms with Crippen molar-refractivity contribution < 1.29 is 62.9 Å². The molecule has 1 saturated carbocycles. The summed E-state index contributed by atoms with van der Waals surface area (Å²) in [5.41, 5.74) is -11.8. The second-order valence-corrected chi connectivity index (χ2v) is 8.21. The van der Waals surface area contributed by atoms with Gasteiger partial charge < -0.3 is 10.2 Å². The maximum Gasteiger partial charge on any atom is 0.426 e. The van der Waals surface area contributed by atoms with Crippen LogP contribution in [-0.4, -0.2) is 69.6 Å². The van der Waals surface area contributed by atoms with Gasteiger partial charge in [-0.25, -0.2) is 0 Å². The molecule has 0 aromatic heterocycles. The van der Waals surface area contributed by atoms with E-state index < -0.39 is 72.3 Å². The highest BCUT2D eigenvalue weighted by molar-refractivity contribution is 5.84.